The minimum Gasteiger partial charge on any atom is -0.454 e. The van der Waals surface area contributed by atoms with Crippen LogP contribution in [0.2, 0.25) is 0 Å². The van der Waals surface area contributed by atoms with Crippen LogP contribution < -0.4 is 20.5 Å². The molecule has 5 aromatic rings. The van der Waals surface area contributed by atoms with Crippen molar-refractivity contribution in [2.24, 2.45) is 0 Å². The number of H-pyrrole nitrogens is 2. The maximum Gasteiger partial charge on any atom is 0.274 e. The molecule has 8 nitrogen and oxygen atoms in total. The summed E-state index contributed by atoms with van der Waals surface area (Å²) in [5.74, 6) is 1.30. The van der Waals surface area contributed by atoms with Crippen molar-refractivity contribution in [3.05, 3.63) is 57.0 Å². The summed E-state index contributed by atoms with van der Waals surface area (Å²) in [7, 11) is 0. The smallest absolute Gasteiger partial charge is 0.274 e. The Balaban J connectivity index is 1.56. The minimum absolute atomic E-state index is 0.123. The number of aromatic amines is 2. The summed E-state index contributed by atoms with van der Waals surface area (Å²) >= 11 is 0. The zero-order valence-corrected chi connectivity index (χ0v) is 19.2. The molecule has 35 heavy (non-hydrogen) atoms. The van der Waals surface area contributed by atoms with Gasteiger partial charge in [0, 0.05) is 17.0 Å². The molecule has 0 unspecified atom stereocenters. The average Bonchev–Trinajstić information content (AvgIpc) is 3.52. The number of rotatable bonds is 2. The molecule has 7 rings (SSSR count). The molecule has 0 atom stereocenters. The standard InChI is InChI=1S/C27H25N3O5/c31-17-9-10-18-20(13-17)35-25-22(15-8-11-19-21(12-15)34-14-33-19)23-26(28-24(18)25)30(29-27(23)32)16-6-4-2-1-3-5-7-16/h8-13,16,28H,1-7,14H2,(H,29,32). The van der Waals surface area contributed by atoms with Gasteiger partial charge in [0.15, 0.2) is 22.5 Å². The Morgan fingerprint density at radius 1 is 0.886 bits per heavy atom. The molecule has 1 saturated carbocycles. The van der Waals surface area contributed by atoms with E-state index in [1.165, 1.54) is 31.4 Å². The maximum atomic E-state index is 13.5. The van der Waals surface area contributed by atoms with E-state index in [0.717, 1.165) is 47.8 Å². The second-order valence-corrected chi connectivity index (χ2v) is 9.57. The number of benzene rings is 2. The summed E-state index contributed by atoms with van der Waals surface area (Å²) in [6.45, 7) is 0.168. The number of fused-ring (bicyclic) bond motifs is 5. The Kier molecular flexibility index (Phi) is 4.55. The third-order valence-corrected chi connectivity index (χ3v) is 7.41. The lowest BCUT2D eigenvalue weighted by Crippen LogP contribution is -2.15. The van der Waals surface area contributed by atoms with Crippen molar-refractivity contribution in [2.75, 3.05) is 6.79 Å². The van der Waals surface area contributed by atoms with Crippen molar-refractivity contribution in [1.29, 1.82) is 0 Å². The average molecular weight is 472 g/mol. The van der Waals surface area contributed by atoms with Gasteiger partial charge in [-0.05, 0) is 42.7 Å². The molecule has 0 amide bonds. The van der Waals surface area contributed by atoms with Gasteiger partial charge >= 0.3 is 0 Å². The van der Waals surface area contributed by atoms with Gasteiger partial charge < -0.3 is 18.9 Å². The minimum atomic E-state index is -0.169. The van der Waals surface area contributed by atoms with E-state index in [4.69, 9.17) is 13.9 Å². The van der Waals surface area contributed by atoms with E-state index in [2.05, 4.69) is 10.1 Å². The molecule has 3 aromatic heterocycles. The van der Waals surface area contributed by atoms with Crippen molar-refractivity contribution in [3.63, 3.8) is 0 Å². The molecule has 8 heteroatoms. The van der Waals surface area contributed by atoms with Crippen molar-refractivity contribution in [3.8, 4) is 22.6 Å². The number of ether oxygens (including phenoxy) is 2. The molecular weight excluding hydrogens is 446 g/mol. The van der Waals surface area contributed by atoms with Crippen LogP contribution in [0.15, 0.2) is 50.4 Å². The summed E-state index contributed by atoms with van der Waals surface area (Å²) in [6, 6.07) is 10.7. The monoisotopic (exact) mass is 471 g/mol. The van der Waals surface area contributed by atoms with Gasteiger partial charge in [-0.3, -0.25) is 19.4 Å². The predicted octanol–water partition coefficient (Wildman–Crippen LogP) is 5.60. The predicted molar refractivity (Wildman–Crippen MR) is 133 cm³/mol. The SMILES string of the molecule is O=c1ccc2c(c1)oc1c(-c3ccc4c(c3)OCO4)c3c(=O)[nH]n(C4CCCCCCC4)c3[nH]c12. The van der Waals surface area contributed by atoms with Crippen LogP contribution in [0.4, 0.5) is 0 Å². The van der Waals surface area contributed by atoms with E-state index in [-0.39, 0.29) is 23.8 Å². The van der Waals surface area contributed by atoms with Crippen LogP contribution in [-0.4, -0.2) is 21.6 Å². The first kappa shape index (κ1) is 20.4. The third-order valence-electron chi connectivity index (χ3n) is 7.41. The molecular formula is C27H25N3O5. The first-order valence-corrected chi connectivity index (χ1v) is 12.3. The number of aromatic nitrogens is 3. The lowest BCUT2D eigenvalue weighted by Gasteiger charge is -2.21. The Morgan fingerprint density at radius 2 is 1.69 bits per heavy atom. The fourth-order valence-corrected chi connectivity index (χ4v) is 5.71. The Bertz CT molecular complexity index is 1710. The van der Waals surface area contributed by atoms with Crippen LogP contribution in [0.3, 0.4) is 0 Å². The van der Waals surface area contributed by atoms with E-state index < -0.39 is 0 Å². The lowest BCUT2D eigenvalue weighted by molar-refractivity contribution is 0.174. The number of furan rings is 1. The molecule has 2 aliphatic rings. The highest BCUT2D eigenvalue weighted by Crippen LogP contribution is 2.42. The number of nitrogens with zero attached hydrogens (tertiary/aromatic N) is 1. The van der Waals surface area contributed by atoms with Crippen LogP contribution in [0.25, 0.3) is 44.2 Å². The Morgan fingerprint density at radius 3 is 2.54 bits per heavy atom. The number of pyridine rings is 1. The van der Waals surface area contributed by atoms with E-state index in [0.29, 0.717) is 33.6 Å². The van der Waals surface area contributed by atoms with Gasteiger partial charge in [0.2, 0.25) is 6.79 Å². The molecule has 4 heterocycles. The molecule has 2 aromatic carbocycles. The number of nitrogens with one attached hydrogen (secondary N) is 2. The molecule has 178 valence electrons. The summed E-state index contributed by atoms with van der Waals surface area (Å²) in [5.41, 5.74) is 3.72. The highest BCUT2D eigenvalue weighted by Gasteiger charge is 2.26. The molecule has 0 saturated heterocycles. The van der Waals surface area contributed by atoms with Crippen LogP contribution in [-0.2, 0) is 0 Å². The topological polar surface area (TPSA) is 102 Å². The fourth-order valence-electron chi connectivity index (χ4n) is 5.71. The van der Waals surface area contributed by atoms with Gasteiger partial charge in [-0.2, -0.15) is 0 Å². The zero-order chi connectivity index (χ0) is 23.5. The quantitative estimate of drug-likeness (QED) is 0.349. The molecule has 1 fully saturated rings. The van der Waals surface area contributed by atoms with E-state index in [1.807, 2.05) is 22.9 Å². The first-order valence-electron chi connectivity index (χ1n) is 12.3. The van der Waals surface area contributed by atoms with Gasteiger partial charge in [-0.15, -0.1) is 0 Å². The van der Waals surface area contributed by atoms with Crippen LogP contribution >= 0.6 is 0 Å². The number of hydrogen-bond acceptors (Lipinski definition) is 5. The fraction of sp³-hybridized carbons (Fsp3) is 0.333. The summed E-state index contributed by atoms with van der Waals surface area (Å²) < 4.78 is 19.4. The van der Waals surface area contributed by atoms with Crippen molar-refractivity contribution in [1.82, 2.24) is 14.8 Å². The highest BCUT2D eigenvalue weighted by molar-refractivity contribution is 6.14. The maximum absolute atomic E-state index is 13.5. The second kappa shape index (κ2) is 7.80. The Hall–Kier alpha value is -3.94. The number of hydrogen-bond donors (Lipinski definition) is 2. The van der Waals surface area contributed by atoms with Crippen molar-refractivity contribution >= 4 is 33.1 Å². The first-order chi connectivity index (χ1) is 17.2. The highest BCUT2D eigenvalue weighted by atomic mass is 16.7. The normalized spacial score (nSPS) is 16.8. The third kappa shape index (κ3) is 3.20. The van der Waals surface area contributed by atoms with Crippen LogP contribution in [0.5, 0.6) is 11.5 Å². The van der Waals surface area contributed by atoms with Crippen molar-refractivity contribution in [2.45, 2.75) is 51.0 Å². The van der Waals surface area contributed by atoms with Gasteiger partial charge in [0.1, 0.15) is 11.2 Å². The lowest BCUT2D eigenvalue weighted by atomic mass is 9.96. The van der Waals surface area contributed by atoms with Gasteiger partial charge in [-0.1, -0.05) is 38.2 Å². The molecule has 0 bridgehead atoms. The zero-order valence-electron chi connectivity index (χ0n) is 19.2. The largest absolute Gasteiger partial charge is 0.454 e. The summed E-state index contributed by atoms with van der Waals surface area (Å²) in [5, 5.41) is 4.49. The van der Waals surface area contributed by atoms with E-state index in [1.54, 1.807) is 6.07 Å². The molecule has 0 spiro atoms. The molecule has 2 N–H and O–H groups in total. The summed E-state index contributed by atoms with van der Waals surface area (Å²) in [6.07, 6.45) is 8.06. The van der Waals surface area contributed by atoms with Crippen LogP contribution in [0.1, 0.15) is 51.0 Å². The Labute approximate surface area is 199 Å². The summed E-state index contributed by atoms with van der Waals surface area (Å²) in [4.78, 5) is 29.1. The molecule has 1 aliphatic carbocycles. The van der Waals surface area contributed by atoms with Gasteiger partial charge in [-0.25, -0.2) is 0 Å². The van der Waals surface area contributed by atoms with Gasteiger partial charge in [0.25, 0.3) is 5.56 Å². The van der Waals surface area contributed by atoms with E-state index >= 15 is 0 Å². The van der Waals surface area contributed by atoms with E-state index in [9.17, 15) is 9.59 Å². The van der Waals surface area contributed by atoms with Gasteiger partial charge in [0.05, 0.1) is 16.9 Å². The van der Waals surface area contributed by atoms with Crippen molar-refractivity contribution < 1.29 is 13.9 Å². The molecule has 0 radical (unpaired) electrons. The second-order valence-electron chi connectivity index (χ2n) is 9.57. The molecule has 1 aliphatic heterocycles. The van der Waals surface area contributed by atoms with Crippen LogP contribution in [0, 0.1) is 0 Å².